The van der Waals surface area contributed by atoms with E-state index in [9.17, 15) is 0 Å². The molecule has 0 radical (unpaired) electrons. The van der Waals surface area contributed by atoms with Gasteiger partial charge in [0.25, 0.3) is 0 Å². The molecule has 1 nitrogen and oxygen atoms in total. The fraction of sp³-hybridized carbons (Fsp3) is 0.556. The molecule has 2 aromatic carbocycles. The van der Waals surface area contributed by atoms with Crippen LogP contribution in [0.4, 0.5) is 0 Å². The summed E-state index contributed by atoms with van der Waals surface area (Å²) >= 11 is 0. The Hall–Kier alpha value is -1.60. The molecule has 3 rings (SSSR count). The van der Waals surface area contributed by atoms with Gasteiger partial charge in [0.05, 0.1) is 11.7 Å². The predicted molar refractivity (Wildman–Crippen MR) is 120 cm³/mol. The fourth-order valence-corrected chi connectivity index (χ4v) is 4.56. The first kappa shape index (κ1) is 21.1. The number of rotatable bonds is 12. The molecule has 0 spiro atoms. The highest BCUT2D eigenvalue weighted by molar-refractivity contribution is 5.20. The van der Waals surface area contributed by atoms with Crippen molar-refractivity contribution in [2.24, 2.45) is 0 Å². The minimum Gasteiger partial charge on any atom is -0.366 e. The van der Waals surface area contributed by atoms with Gasteiger partial charge in [-0.25, -0.2) is 0 Å². The van der Waals surface area contributed by atoms with Gasteiger partial charge in [-0.1, -0.05) is 93.8 Å². The highest BCUT2D eigenvalue weighted by Crippen LogP contribution is 2.44. The van der Waals surface area contributed by atoms with Gasteiger partial charge in [-0.05, 0) is 62.0 Å². The molecule has 1 aliphatic heterocycles. The monoisotopic (exact) mass is 378 g/mol. The molecule has 1 heteroatoms. The Kier molecular flexibility index (Phi) is 7.73. The second-order valence-electron chi connectivity index (χ2n) is 8.92. The van der Waals surface area contributed by atoms with Crippen molar-refractivity contribution in [3.63, 3.8) is 0 Å². The molecule has 0 N–H and O–H groups in total. The number of benzene rings is 2. The van der Waals surface area contributed by atoms with Crippen LogP contribution in [0.5, 0.6) is 0 Å². The summed E-state index contributed by atoms with van der Waals surface area (Å²) in [6, 6.07) is 21.9. The second-order valence-corrected chi connectivity index (χ2v) is 8.92. The van der Waals surface area contributed by atoms with E-state index in [0.29, 0.717) is 12.0 Å². The molecule has 0 bridgehead atoms. The molecule has 2 aromatic rings. The Labute approximate surface area is 172 Å². The molecule has 1 fully saturated rings. The maximum absolute atomic E-state index is 6.11. The van der Waals surface area contributed by atoms with E-state index in [0.717, 1.165) is 5.92 Å². The lowest BCUT2D eigenvalue weighted by atomic mass is 9.89. The van der Waals surface area contributed by atoms with Crippen molar-refractivity contribution < 1.29 is 4.74 Å². The van der Waals surface area contributed by atoms with E-state index >= 15 is 0 Å². The molecule has 0 aliphatic carbocycles. The summed E-state index contributed by atoms with van der Waals surface area (Å²) in [5.41, 5.74) is 3.10. The largest absolute Gasteiger partial charge is 0.366 e. The third-order valence-corrected chi connectivity index (χ3v) is 6.76. The molecular weight excluding hydrogens is 340 g/mol. The van der Waals surface area contributed by atoms with Crippen LogP contribution in [0.1, 0.15) is 95.1 Å². The van der Waals surface area contributed by atoms with Crippen LogP contribution in [-0.2, 0) is 4.74 Å². The Morgan fingerprint density at radius 2 is 1.50 bits per heavy atom. The van der Waals surface area contributed by atoms with Gasteiger partial charge < -0.3 is 4.74 Å². The minimum atomic E-state index is 0.138. The average molecular weight is 379 g/mol. The van der Waals surface area contributed by atoms with Crippen molar-refractivity contribution in [2.75, 3.05) is 0 Å². The normalized spacial score (nSPS) is 23.3. The van der Waals surface area contributed by atoms with Crippen molar-refractivity contribution in [3.05, 3.63) is 71.8 Å². The molecule has 152 valence electrons. The van der Waals surface area contributed by atoms with Gasteiger partial charge >= 0.3 is 0 Å². The lowest BCUT2D eigenvalue weighted by Gasteiger charge is -2.15. The molecule has 1 heterocycles. The van der Waals surface area contributed by atoms with Crippen molar-refractivity contribution in [3.8, 4) is 0 Å². The number of hydrogen-bond acceptors (Lipinski definition) is 1. The molecule has 4 unspecified atom stereocenters. The van der Waals surface area contributed by atoms with Crippen LogP contribution in [-0.4, -0.2) is 11.7 Å². The van der Waals surface area contributed by atoms with Crippen molar-refractivity contribution in [1.82, 2.24) is 0 Å². The van der Waals surface area contributed by atoms with Gasteiger partial charge in [-0.2, -0.15) is 0 Å². The van der Waals surface area contributed by atoms with Crippen LogP contribution in [0.25, 0.3) is 0 Å². The highest BCUT2D eigenvalue weighted by atomic mass is 16.6. The van der Waals surface area contributed by atoms with Crippen LogP contribution < -0.4 is 0 Å². The zero-order chi connectivity index (χ0) is 19.8. The van der Waals surface area contributed by atoms with Crippen LogP contribution in [0, 0.1) is 0 Å². The highest BCUT2D eigenvalue weighted by Gasteiger charge is 2.50. The van der Waals surface area contributed by atoms with Gasteiger partial charge in [0.2, 0.25) is 0 Å². The number of ether oxygens (including phenoxy) is 1. The first-order chi connectivity index (χ1) is 13.6. The molecule has 0 amide bonds. The van der Waals surface area contributed by atoms with Crippen molar-refractivity contribution in [2.45, 2.75) is 95.7 Å². The SMILES string of the molecule is CCC(CCCCCC1OC1(C)CCC(C)c1ccccc1)c1ccccc1. The van der Waals surface area contributed by atoms with Gasteiger partial charge in [0.1, 0.15) is 0 Å². The molecule has 28 heavy (non-hydrogen) atoms. The second kappa shape index (κ2) is 10.3. The number of epoxide rings is 1. The Morgan fingerprint density at radius 3 is 2.14 bits per heavy atom. The van der Waals surface area contributed by atoms with Crippen LogP contribution >= 0.6 is 0 Å². The van der Waals surface area contributed by atoms with Crippen LogP contribution in [0.15, 0.2) is 60.7 Å². The summed E-state index contributed by atoms with van der Waals surface area (Å²) in [5.74, 6) is 1.34. The van der Waals surface area contributed by atoms with E-state index in [1.807, 2.05) is 0 Å². The standard InChI is InChI=1S/C27H38O/c1-4-23(25-17-11-6-12-18-25)14-8-7-13-19-26-27(3,28-26)21-20-22(2)24-15-9-5-10-16-24/h5-6,9-12,15-18,22-23,26H,4,7-8,13-14,19-21H2,1-3H3. The van der Waals surface area contributed by atoms with Crippen molar-refractivity contribution in [1.29, 1.82) is 0 Å². The number of unbranched alkanes of at least 4 members (excludes halogenated alkanes) is 2. The zero-order valence-electron chi connectivity index (χ0n) is 18.1. The Balaban J connectivity index is 1.30. The summed E-state index contributed by atoms with van der Waals surface area (Å²) in [7, 11) is 0. The lowest BCUT2D eigenvalue weighted by Crippen LogP contribution is -2.11. The summed E-state index contributed by atoms with van der Waals surface area (Å²) in [6.45, 7) is 6.97. The van der Waals surface area contributed by atoms with E-state index in [4.69, 9.17) is 4.74 Å². The van der Waals surface area contributed by atoms with Gasteiger partial charge in [-0.3, -0.25) is 0 Å². The van der Waals surface area contributed by atoms with E-state index < -0.39 is 0 Å². The molecule has 1 aliphatic rings. The third kappa shape index (κ3) is 5.95. The fourth-order valence-electron chi connectivity index (χ4n) is 4.56. The molecular formula is C27H38O. The topological polar surface area (TPSA) is 12.5 Å². The molecule has 1 saturated heterocycles. The van der Waals surface area contributed by atoms with Crippen molar-refractivity contribution >= 4 is 0 Å². The first-order valence-corrected chi connectivity index (χ1v) is 11.4. The minimum absolute atomic E-state index is 0.138. The zero-order valence-corrected chi connectivity index (χ0v) is 18.1. The maximum atomic E-state index is 6.11. The van der Waals surface area contributed by atoms with Gasteiger partial charge in [0, 0.05) is 0 Å². The predicted octanol–water partition coefficient (Wildman–Crippen LogP) is 7.87. The Bertz CT molecular complexity index is 680. The summed E-state index contributed by atoms with van der Waals surface area (Å²) in [5, 5.41) is 0. The number of hydrogen-bond donors (Lipinski definition) is 0. The summed E-state index contributed by atoms with van der Waals surface area (Å²) < 4.78 is 6.11. The average Bonchev–Trinajstić information content (AvgIpc) is 3.40. The van der Waals surface area contributed by atoms with Gasteiger partial charge in [-0.15, -0.1) is 0 Å². The quantitative estimate of drug-likeness (QED) is 0.270. The van der Waals surface area contributed by atoms with E-state index in [-0.39, 0.29) is 5.60 Å². The van der Waals surface area contributed by atoms with E-state index in [2.05, 4.69) is 81.4 Å². The van der Waals surface area contributed by atoms with E-state index in [1.165, 1.54) is 62.5 Å². The summed E-state index contributed by atoms with van der Waals surface area (Å²) in [6.07, 6.45) is 10.7. The summed E-state index contributed by atoms with van der Waals surface area (Å²) in [4.78, 5) is 0. The molecule has 0 aromatic heterocycles. The lowest BCUT2D eigenvalue weighted by molar-refractivity contribution is 0.285. The van der Waals surface area contributed by atoms with E-state index in [1.54, 1.807) is 0 Å². The van der Waals surface area contributed by atoms with Crippen LogP contribution in [0.3, 0.4) is 0 Å². The Morgan fingerprint density at radius 1 is 0.857 bits per heavy atom. The van der Waals surface area contributed by atoms with Gasteiger partial charge in [0.15, 0.2) is 0 Å². The maximum Gasteiger partial charge on any atom is 0.0920 e. The first-order valence-electron chi connectivity index (χ1n) is 11.4. The molecule has 4 atom stereocenters. The third-order valence-electron chi connectivity index (χ3n) is 6.76. The van der Waals surface area contributed by atoms with Crippen LogP contribution in [0.2, 0.25) is 0 Å². The smallest absolute Gasteiger partial charge is 0.0920 e. The molecule has 0 saturated carbocycles.